The molecule has 0 bridgehead atoms. The minimum atomic E-state index is 0.250. The van der Waals surface area contributed by atoms with E-state index in [2.05, 4.69) is 21.0 Å². The summed E-state index contributed by atoms with van der Waals surface area (Å²) in [5.74, 6) is 1.81. The Hall–Kier alpha value is -1.65. The van der Waals surface area contributed by atoms with Crippen LogP contribution >= 0.6 is 0 Å². The number of amides is 1. The fourth-order valence-electron chi connectivity index (χ4n) is 1.82. The Morgan fingerprint density at radius 2 is 2.12 bits per heavy atom. The molecule has 0 unspecified atom stereocenters. The van der Waals surface area contributed by atoms with Crippen molar-refractivity contribution in [2.75, 3.05) is 5.32 Å². The third-order valence-corrected chi connectivity index (χ3v) is 2.48. The largest absolute Gasteiger partial charge is 0.372 e. The first-order chi connectivity index (χ1) is 7.76. The standard InChI is InChI=1S/C10H15N3.CH3NO/c1-8-11-7-6-10(12-8)13-9-4-2-3-5-9;2-1-3/h6-7,9H,2-5H2,1H3,(H,11,12,13);1H,(H2,2,3). The summed E-state index contributed by atoms with van der Waals surface area (Å²) in [4.78, 5) is 17.0. The maximum absolute atomic E-state index is 8.58. The van der Waals surface area contributed by atoms with E-state index in [0.29, 0.717) is 6.04 Å². The van der Waals surface area contributed by atoms with E-state index < -0.39 is 0 Å². The lowest BCUT2D eigenvalue weighted by Gasteiger charge is -2.11. The highest BCUT2D eigenvalue weighted by Crippen LogP contribution is 2.20. The monoisotopic (exact) mass is 222 g/mol. The number of nitrogens with zero attached hydrogens (tertiary/aromatic N) is 2. The van der Waals surface area contributed by atoms with E-state index in [9.17, 15) is 0 Å². The van der Waals surface area contributed by atoms with Crippen LogP contribution in [0.3, 0.4) is 0 Å². The molecular weight excluding hydrogens is 204 g/mol. The van der Waals surface area contributed by atoms with Crippen LogP contribution < -0.4 is 11.1 Å². The van der Waals surface area contributed by atoms with Gasteiger partial charge in [0.05, 0.1) is 0 Å². The number of primary amides is 1. The lowest BCUT2D eigenvalue weighted by Crippen LogP contribution is -2.15. The number of hydrogen-bond acceptors (Lipinski definition) is 4. The van der Waals surface area contributed by atoms with E-state index in [0.717, 1.165) is 11.6 Å². The molecule has 1 saturated carbocycles. The normalized spacial score (nSPS) is 15.1. The van der Waals surface area contributed by atoms with Gasteiger partial charge in [-0.25, -0.2) is 9.97 Å². The maximum Gasteiger partial charge on any atom is 0.204 e. The average Bonchev–Trinajstić information content (AvgIpc) is 2.71. The first kappa shape index (κ1) is 12.4. The van der Waals surface area contributed by atoms with Crippen molar-refractivity contribution in [3.8, 4) is 0 Å². The third kappa shape index (κ3) is 4.25. The van der Waals surface area contributed by atoms with Crippen molar-refractivity contribution >= 4 is 12.2 Å². The molecule has 0 aliphatic heterocycles. The molecule has 2 rings (SSSR count). The maximum atomic E-state index is 8.58. The van der Waals surface area contributed by atoms with E-state index in [1.165, 1.54) is 25.7 Å². The number of hydrogen-bond donors (Lipinski definition) is 2. The van der Waals surface area contributed by atoms with Crippen LogP contribution in [-0.4, -0.2) is 22.4 Å². The summed E-state index contributed by atoms with van der Waals surface area (Å²) in [6.45, 7) is 1.92. The summed E-state index contributed by atoms with van der Waals surface area (Å²) in [6.07, 6.45) is 7.31. The second kappa shape index (κ2) is 6.76. The van der Waals surface area contributed by atoms with E-state index in [1.807, 2.05) is 13.0 Å². The SMILES string of the molecule is Cc1nccc(NC2CCCC2)n1.NC=O. The van der Waals surface area contributed by atoms with Gasteiger partial charge in [-0.15, -0.1) is 0 Å². The molecule has 1 fully saturated rings. The zero-order valence-electron chi connectivity index (χ0n) is 9.52. The van der Waals surface area contributed by atoms with Crippen molar-refractivity contribution in [1.82, 2.24) is 9.97 Å². The predicted octanol–water partition coefficient (Wildman–Crippen LogP) is 1.24. The molecule has 3 N–H and O–H groups in total. The molecule has 0 saturated heterocycles. The summed E-state index contributed by atoms with van der Waals surface area (Å²) in [5.41, 5.74) is 4.17. The molecule has 1 heterocycles. The molecule has 1 amide bonds. The average molecular weight is 222 g/mol. The Bertz CT molecular complexity index is 324. The van der Waals surface area contributed by atoms with Gasteiger partial charge in [0, 0.05) is 12.2 Å². The number of aromatic nitrogens is 2. The zero-order valence-corrected chi connectivity index (χ0v) is 9.52. The number of rotatable bonds is 2. The van der Waals surface area contributed by atoms with E-state index >= 15 is 0 Å². The van der Waals surface area contributed by atoms with Gasteiger partial charge in [-0.05, 0) is 25.8 Å². The lowest BCUT2D eigenvalue weighted by molar-refractivity contribution is -0.106. The molecule has 5 nitrogen and oxygen atoms in total. The third-order valence-electron chi connectivity index (χ3n) is 2.48. The number of carbonyl (C=O) groups excluding carboxylic acids is 1. The van der Waals surface area contributed by atoms with Crippen LogP contribution in [-0.2, 0) is 4.79 Å². The van der Waals surface area contributed by atoms with Crippen molar-refractivity contribution in [1.29, 1.82) is 0 Å². The van der Waals surface area contributed by atoms with Crippen LogP contribution in [0, 0.1) is 6.92 Å². The Morgan fingerprint density at radius 1 is 1.50 bits per heavy atom. The van der Waals surface area contributed by atoms with Gasteiger partial charge in [0.2, 0.25) is 6.41 Å². The molecule has 0 radical (unpaired) electrons. The highest BCUT2D eigenvalue weighted by Gasteiger charge is 2.14. The molecule has 0 aromatic carbocycles. The van der Waals surface area contributed by atoms with Crippen LogP contribution in [0.1, 0.15) is 31.5 Å². The van der Waals surface area contributed by atoms with E-state index in [4.69, 9.17) is 4.79 Å². The van der Waals surface area contributed by atoms with Crippen molar-refractivity contribution in [2.45, 2.75) is 38.6 Å². The Balaban J connectivity index is 0.000000386. The van der Waals surface area contributed by atoms with E-state index in [-0.39, 0.29) is 6.41 Å². The van der Waals surface area contributed by atoms with Gasteiger partial charge < -0.3 is 11.1 Å². The van der Waals surface area contributed by atoms with Gasteiger partial charge in [-0.2, -0.15) is 0 Å². The van der Waals surface area contributed by atoms with Gasteiger partial charge in [-0.3, -0.25) is 4.79 Å². The van der Waals surface area contributed by atoms with Crippen molar-refractivity contribution in [3.63, 3.8) is 0 Å². The van der Waals surface area contributed by atoms with Crippen LogP contribution in [0.15, 0.2) is 12.3 Å². The van der Waals surface area contributed by atoms with E-state index in [1.54, 1.807) is 6.20 Å². The highest BCUT2D eigenvalue weighted by molar-refractivity contribution is 5.42. The van der Waals surface area contributed by atoms with Crippen LogP contribution in [0.25, 0.3) is 0 Å². The number of anilines is 1. The molecule has 0 atom stereocenters. The fraction of sp³-hybridized carbons (Fsp3) is 0.545. The van der Waals surface area contributed by atoms with Crippen LogP contribution in [0.4, 0.5) is 5.82 Å². The number of aryl methyl sites for hydroxylation is 1. The minimum absolute atomic E-state index is 0.250. The Morgan fingerprint density at radius 3 is 2.69 bits per heavy atom. The molecular formula is C11H18N4O. The van der Waals surface area contributed by atoms with Crippen molar-refractivity contribution in [2.24, 2.45) is 5.73 Å². The second-order valence-corrected chi connectivity index (χ2v) is 3.75. The molecule has 5 heteroatoms. The molecule has 1 aromatic heterocycles. The Labute approximate surface area is 95.5 Å². The zero-order chi connectivity index (χ0) is 11.8. The number of carbonyl (C=O) groups is 1. The smallest absolute Gasteiger partial charge is 0.204 e. The quantitative estimate of drug-likeness (QED) is 0.738. The number of nitrogens with two attached hydrogens (primary N) is 1. The van der Waals surface area contributed by atoms with Crippen molar-refractivity contribution < 1.29 is 4.79 Å². The first-order valence-corrected chi connectivity index (χ1v) is 5.48. The number of nitrogens with one attached hydrogen (secondary N) is 1. The second-order valence-electron chi connectivity index (χ2n) is 3.75. The molecule has 16 heavy (non-hydrogen) atoms. The molecule has 1 aromatic rings. The van der Waals surface area contributed by atoms with Crippen LogP contribution in [0.2, 0.25) is 0 Å². The molecule has 0 spiro atoms. The topological polar surface area (TPSA) is 80.9 Å². The Kier molecular flexibility index (Phi) is 5.25. The van der Waals surface area contributed by atoms with Crippen molar-refractivity contribution in [3.05, 3.63) is 18.1 Å². The minimum Gasteiger partial charge on any atom is -0.372 e. The van der Waals surface area contributed by atoms with Gasteiger partial charge in [0.25, 0.3) is 0 Å². The predicted molar refractivity (Wildman–Crippen MR) is 62.9 cm³/mol. The van der Waals surface area contributed by atoms with Gasteiger partial charge >= 0.3 is 0 Å². The summed E-state index contributed by atoms with van der Waals surface area (Å²) in [6, 6.07) is 2.57. The summed E-state index contributed by atoms with van der Waals surface area (Å²) < 4.78 is 0. The van der Waals surface area contributed by atoms with Gasteiger partial charge in [0.1, 0.15) is 11.6 Å². The van der Waals surface area contributed by atoms with Crippen LogP contribution in [0.5, 0.6) is 0 Å². The fourth-order valence-corrected chi connectivity index (χ4v) is 1.82. The van der Waals surface area contributed by atoms with Gasteiger partial charge in [0.15, 0.2) is 0 Å². The highest BCUT2D eigenvalue weighted by atomic mass is 16.1. The lowest BCUT2D eigenvalue weighted by atomic mass is 10.2. The molecule has 1 aliphatic carbocycles. The first-order valence-electron chi connectivity index (χ1n) is 5.48. The summed E-state index contributed by atoms with van der Waals surface area (Å²) in [5, 5.41) is 3.43. The summed E-state index contributed by atoms with van der Waals surface area (Å²) >= 11 is 0. The summed E-state index contributed by atoms with van der Waals surface area (Å²) in [7, 11) is 0. The molecule has 1 aliphatic rings. The van der Waals surface area contributed by atoms with Gasteiger partial charge in [-0.1, -0.05) is 12.8 Å². The molecule has 88 valence electrons.